The zero-order chi connectivity index (χ0) is 24.5. The molecule has 0 heterocycles. The monoisotopic (exact) mass is 501 g/mol. The van der Waals surface area contributed by atoms with Gasteiger partial charge in [0.25, 0.3) is 0 Å². The molecule has 0 saturated carbocycles. The van der Waals surface area contributed by atoms with E-state index in [1.54, 1.807) is 12.1 Å². The van der Waals surface area contributed by atoms with E-state index in [9.17, 15) is 9.90 Å². The Balaban J connectivity index is 0.00000361. The maximum absolute atomic E-state index is 12.9. The number of carbonyl (C=O) groups is 1. The second kappa shape index (κ2) is 13.5. The zero-order valence-corrected chi connectivity index (χ0v) is 21.2. The van der Waals surface area contributed by atoms with Crippen LogP contribution < -0.4 is 9.64 Å². The highest BCUT2D eigenvalue weighted by molar-refractivity contribution is 5.98. The van der Waals surface area contributed by atoms with Gasteiger partial charge in [-0.25, -0.2) is 0 Å². The number of hydrogen-bond acceptors (Lipinski definition) is 4. The Hall–Kier alpha value is -3.60. The molecule has 36 heavy (non-hydrogen) atoms. The summed E-state index contributed by atoms with van der Waals surface area (Å²) in [5, 5.41) is 10.9. The number of para-hydroxylation sites is 2. The molecule has 0 spiro atoms. The van der Waals surface area contributed by atoms with E-state index in [1.807, 2.05) is 84.9 Å². The van der Waals surface area contributed by atoms with Crippen molar-refractivity contribution in [2.45, 2.75) is 25.9 Å². The maximum atomic E-state index is 12.9. The fourth-order valence-corrected chi connectivity index (χ4v) is 4.07. The van der Waals surface area contributed by atoms with Crippen LogP contribution in [0.15, 0.2) is 109 Å². The van der Waals surface area contributed by atoms with Gasteiger partial charge in [0.2, 0.25) is 0 Å². The van der Waals surface area contributed by atoms with Gasteiger partial charge in [-0.2, -0.15) is 0 Å². The molecule has 1 N–H and O–H groups in total. The zero-order valence-electron chi connectivity index (χ0n) is 20.4. The lowest BCUT2D eigenvalue weighted by Crippen LogP contribution is -2.33. The standard InChI is InChI=1S/C31H31NO3.ClH/c1-24-11-10-16-27(21-24)32(26-14-6-3-7-15-26)22-28(33)23-35-31-18-9-8-17-29(31)30(34)20-19-25-12-4-2-5-13-25;/h2-18,21,28,33H,19-20,22-23H2,1H3;1H. The molecule has 0 aromatic heterocycles. The number of benzene rings is 4. The number of aryl methyl sites for hydroxylation is 2. The first-order valence-electron chi connectivity index (χ1n) is 12.0. The molecule has 0 amide bonds. The van der Waals surface area contributed by atoms with Gasteiger partial charge in [0, 0.05) is 17.8 Å². The fraction of sp³-hybridized carbons (Fsp3) is 0.194. The van der Waals surface area contributed by atoms with Crippen molar-refractivity contribution in [2.75, 3.05) is 18.1 Å². The number of rotatable bonds is 11. The lowest BCUT2D eigenvalue weighted by atomic mass is 10.0. The van der Waals surface area contributed by atoms with Crippen molar-refractivity contribution in [3.63, 3.8) is 0 Å². The average molecular weight is 502 g/mol. The number of ketones is 1. The summed E-state index contributed by atoms with van der Waals surface area (Å²) in [5.74, 6) is 0.538. The number of ether oxygens (including phenoxy) is 1. The van der Waals surface area contributed by atoms with E-state index in [1.165, 1.54) is 0 Å². The van der Waals surface area contributed by atoms with Crippen molar-refractivity contribution in [3.8, 4) is 5.75 Å². The summed E-state index contributed by atoms with van der Waals surface area (Å²) in [6.45, 7) is 2.49. The number of aliphatic hydroxyl groups excluding tert-OH is 1. The molecule has 4 rings (SSSR count). The molecule has 0 bridgehead atoms. The largest absolute Gasteiger partial charge is 0.490 e. The average Bonchev–Trinajstić information content (AvgIpc) is 2.90. The van der Waals surface area contributed by atoms with Gasteiger partial charge >= 0.3 is 0 Å². The first kappa shape index (κ1) is 27.0. The number of anilines is 2. The van der Waals surface area contributed by atoms with E-state index >= 15 is 0 Å². The van der Waals surface area contributed by atoms with Gasteiger partial charge in [-0.3, -0.25) is 4.79 Å². The molecule has 0 fully saturated rings. The van der Waals surface area contributed by atoms with Crippen LogP contribution in [0.1, 0.15) is 27.9 Å². The van der Waals surface area contributed by atoms with Gasteiger partial charge in [-0.15, -0.1) is 12.4 Å². The molecule has 4 aromatic rings. The van der Waals surface area contributed by atoms with Gasteiger partial charge in [-0.1, -0.05) is 72.8 Å². The van der Waals surface area contributed by atoms with E-state index in [-0.39, 0.29) is 24.8 Å². The normalized spacial score (nSPS) is 11.3. The van der Waals surface area contributed by atoms with E-state index in [0.717, 1.165) is 22.5 Å². The molecule has 4 nitrogen and oxygen atoms in total. The minimum Gasteiger partial charge on any atom is -0.490 e. The van der Waals surface area contributed by atoms with E-state index in [2.05, 4.69) is 24.0 Å². The lowest BCUT2D eigenvalue weighted by Gasteiger charge is -2.28. The number of Topliss-reactive ketones (excluding diaryl/α,β-unsaturated/α-hetero) is 1. The number of halogens is 1. The summed E-state index contributed by atoms with van der Waals surface area (Å²) in [6, 6.07) is 35.4. The summed E-state index contributed by atoms with van der Waals surface area (Å²) in [6.07, 6.45) is 0.324. The van der Waals surface area contributed by atoms with Crippen LogP contribution in [0, 0.1) is 6.92 Å². The first-order chi connectivity index (χ1) is 17.1. The van der Waals surface area contributed by atoms with Crippen molar-refractivity contribution in [1.29, 1.82) is 0 Å². The number of hydrogen-bond donors (Lipinski definition) is 1. The van der Waals surface area contributed by atoms with E-state index in [0.29, 0.717) is 30.7 Å². The maximum Gasteiger partial charge on any atom is 0.166 e. The third-order valence-electron chi connectivity index (χ3n) is 5.88. The highest BCUT2D eigenvalue weighted by atomic mass is 35.5. The SMILES string of the molecule is Cc1cccc(N(CC(O)COc2ccccc2C(=O)CCc2ccccc2)c2ccccc2)c1.Cl. The van der Waals surface area contributed by atoms with E-state index < -0.39 is 6.10 Å². The van der Waals surface area contributed by atoms with Crippen LogP contribution >= 0.6 is 12.4 Å². The summed E-state index contributed by atoms with van der Waals surface area (Å²) in [5.41, 5.74) is 4.83. The topological polar surface area (TPSA) is 49.8 Å². The Morgan fingerprint density at radius 3 is 2.19 bits per heavy atom. The summed E-state index contributed by atoms with van der Waals surface area (Å²) in [4.78, 5) is 15.0. The van der Waals surface area contributed by atoms with Crippen molar-refractivity contribution in [3.05, 3.63) is 126 Å². The third-order valence-corrected chi connectivity index (χ3v) is 5.88. The Kier molecular flexibility index (Phi) is 10.1. The van der Waals surface area contributed by atoms with Gasteiger partial charge in [-0.05, 0) is 60.9 Å². The van der Waals surface area contributed by atoms with Crippen molar-refractivity contribution in [2.24, 2.45) is 0 Å². The van der Waals surface area contributed by atoms with Crippen LogP contribution in [0.25, 0.3) is 0 Å². The molecule has 0 radical (unpaired) electrons. The highest BCUT2D eigenvalue weighted by Gasteiger charge is 2.17. The molecule has 186 valence electrons. The molecular formula is C31H32ClNO3. The fourth-order valence-electron chi connectivity index (χ4n) is 4.07. The Bertz CT molecular complexity index is 1230. The molecule has 4 aromatic carbocycles. The Labute approximate surface area is 219 Å². The summed E-state index contributed by atoms with van der Waals surface area (Å²) >= 11 is 0. The van der Waals surface area contributed by atoms with Crippen LogP contribution in [-0.4, -0.2) is 30.1 Å². The van der Waals surface area contributed by atoms with E-state index in [4.69, 9.17) is 4.74 Å². The quantitative estimate of drug-likeness (QED) is 0.229. The number of carbonyl (C=O) groups excluding carboxylic acids is 1. The minimum absolute atomic E-state index is 0. The van der Waals surface area contributed by atoms with Gasteiger partial charge < -0.3 is 14.7 Å². The third kappa shape index (κ3) is 7.45. The van der Waals surface area contributed by atoms with Gasteiger partial charge in [0.1, 0.15) is 18.5 Å². The molecule has 1 unspecified atom stereocenters. The van der Waals surface area contributed by atoms with Crippen LogP contribution in [0.5, 0.6) is 5.75 Å². The smallest absolute Gasteiger partial charge is 0.166 e. The first-order valence-corrected chi connectivity index (χ1v) is 12.0. The molecule has 0 aliphatic heterocycles. The van der Waals surface area contributed by atoms with Crippen LogP contribution in [0.4, 0.5) is 11.4 Å². The number of aliphatic hydroxyl groups is 1. The molecule has 0 saturated heterocycles. The Morgan fingerprint density at radius 2 is 1.47 bits per heavy atom. The highest BCUT2D eigenvalue weighted by Crippen LogP contribution is 2.27. The summed E-state index contributed by atoms with van der Waals surface area (Å²) in [7, 11) is 0. The predicted octanol–water partition coefficient (Wildman–Crippen LogP) is 6.81. The van der Waals surface area contributed by atoms with Crippen LogP contribution in [0.3, 0.4) is 0 Å². The van der Waals surface area contributed by atoms with Crippen LogP contribution in [-0.2, 0) is 6.42 Å². The van der Waals surface area contributed by atoms with Crippen molar-refractivity contribution in [1.82, 2.24) is 0 Å². The molecule has 1 atom stereocenters. The van der Waals surface area contributed by atoms with Crippen molar-refractivity contribution < 1.29 is 14.6 Å². The van der Waals surface area contributed by atoms with Crippen molar-refractivity contribution >= 4 is 29.6 Å². The summed E-state index contributed by atoms with van der Waals surface area (Å²) < 4.78 is 5.97. The van der Waals surface area contributed by atoms with Gasteiger partial charge in [0.15, 0.2) is 5.78 Å². The van der Waals surface area contributed by atoms with Gasteiger partial charge in [0.05, 0.1) is 12.1 Å². The second-order valence-electron chi connectivity index (χ2n) is 8.65. The lowest BCUT2D eigenvalue weighted by molar-refractivity contribution is 0.0961. The number of nitrogens with zero attached hydrogens (tertiary/aromatic N) is 1. The second-order valence-corrected chi connectivity index (χ2v) is 8.65. The molecule has 0 aliphatic rings. The molecule has 5 heteroatoms. The Morgan fingerprint density at radius 1 is 0.833 bits per heavy atom. The molecular weight excluding hydrogens is 470 g/mol. The minimum atomic E-state index is -0.761. The van der Waals surface area contributed by atoms with Crippen LogP contribution in [0.2, 0.25) is 0 Å². The molecule has 0 aliphatic carbocycles. The predicted molar refractivity (Wildman–Crippen MR) is 149 cm³/mol.